The first-order valence-electron chi connectivity index (χ1n) is 16.7. The lowest BCUT2D eigenvalue weighted by atomic mass is 9.83. The van der Waals surface area contributed by atoms with E-state index in [1.807, 2.05) is 0 Å². The van der Waals surface area contributed by atoms with Crippen LogP contribution in [0.1, 0.15) is 91.0 Å². The third-order valence-corrected chi connectivity index (χ3v) is 9.47. The maximum absolute atomic E-state index is 13.8. The molecule has 11 heteroatoms. The number of phenols is 1. The van der Waals surface area contributed by atoms with Crippen molar-refractivity contribution in [2.24, 2.45) is 17.8 Å². The molecule has 4 rings (SSSR count). The summed E-state index contributed by atoms with van der Waals surface area (Å²) in [6, 6.07) is 1.26. The van der Waals surface area contributed by atoms with Gasteiger partial charge in [0.1, 0.15) is 16.5 Å². The maximum atomic E-state index is 13.8. The van der Waals surface area contributed by atoms with Gasteiger partial charge in [0.25, 0.3) is 5.91 Å². The molecule has 1 aliphatic carbocycles. The van der Waals surface area contributed by atoms with Crippen LogP contribution in [-0.2, 0) is 9.59 Å². The first-order chi connectivity index (χ1) is 23.9. The van der Waals surface area contributed by atoms with Gasteiger partial charge in [0, 0.05) is 40.9 Å². The Balaban J connectivity index is 2.08. The molecule has 272 valence electrons. The van der Waals surface area contributed by atoms with Gasteiger partial charge < -0.3 is 25.7 Å². The van der Waals surface area contributed by atoms with Crippen molar-refractivity contribution in [3.05, 3.63) is 110 Å². The second-order valence-corrected chi connectivity index (χ2v) is 13.7. The number of benzene rings is 1. The molecular weight excluding hydrogens is 674 g/mol. The van der Waals surface area contributed by atoms with Crippen molar-refractivity contribution in [2.75, 3.05) is 0 Å². The Morgan fingerprint density at radius 2 is 1.41 bits per heavy atom. The molecule has 0 spiro atoms. The zero-order valence-corrected chi connectivity index (χ0v) is 30.6. The summed E-state index contributed by atoms with van der Waals surface area (Å²) < 4.78 is 0. The quantitative estimate of drug-likeness (QED) is 0.211. The van der Waals surface area contributed by atoms with Crippen LogP contribution in [0.15, 0.2) is 88.2 Å². The lowest BCUT2D eigenvalue weighted by Gasteiger charge is -2.23. The van der Waals surface area contributed by atoms with Crippen LogP contribution < -0.4 is 5.32 Å². The van der Waals surface area contributed by atoms with Gasteiger partial charge in [-0.25, -0.2) is 0 Å². The summed E-state index contributed by atoms with van der Waals surface area (Å²) in [4.78, 5) is 66.8. The number of aliphatic hydroxyl groups excluding tert-OH is 3. The van der Waals surface area contributed by atoms with E-state index in [0.717, 1.165) is 0 Å². The van der Waals surface area contributed by atoms with E-state index in [1.54, 1.807) is 64.2 Å². The number of ketones is 4. The van der Waals surface area contributed by atoms with E-state index >= 15 is 0 Å². The second kappa shape index (κ2) is 17.6. The Kier molecular flexibility index (Phi) is 14.2. The van der Waals surface area contributed by atoms with E-state index in [-0.39, 0.29) is 46.8 Å². The van der Waals surface area contributed by atoms with Crippen LogP contribution in [0, 0.1) is 24.7 Å². The third kappa shape index (κ3) is 9.86. The summed E-state index contributed by atoms with van der Waals surface area (Å²) in [7, 11) is 0. The van der Waals surface area contributed by atoms with Gasteiger partial charge in [0.05, 0.1) is 23.9 Å². The Hall–Kier alpha value is -4.48. The Morgan fingerprint density at radius 1 is 0.745 bits per heavy atom. The summed E-state index contributed by atoms with van der Waals surface area (Å²) in [5.41, 5.74) is -0.708. The molecule has 2 aliphatic heterocycles. The van der Waals surface area contributed by atoms with E-state index in [0.29, 0.717) is 5.57 Å². The number of nitrogens with one attached hydrogen (secondary N) is 1. The van der Waals surface area contributed by atoms with E-state index in [1.165, 1.54) is 45.1 Å². The molecule has 5 N–H and O–H groups in total. The van der Waals surface area contributed by atoms with E-state index in [4.69, 9.17) is 11.6 Å². The monoisotopic (exact) mass is 719 g/mol. The highest BCUT2D eigenvalue weighted by Gasteiger charge is 2.38. The number of phenolic OH excluding ortho intramolecular Hbond substituents is 1. The largest absolute Gasteiger partial charge is 0.507 e. The predicted molar refractivity (Wildman–Crippen MR) is 195 cm³/mol. The number of rotatable bonds is 0. The van der Waals surface area contributed by atoms with Crippen molar-refractivity contribution in [3.8, 4) is 5.75 Å². The van der Waals surface area contributed by atoms with E-state index < -0.39 is 81.0 Å². The van der Waals surface area contributed by atoms with Crippen LogP contribution in [0.25, 0.3) is 0 Å². The van der Waals surface area contributed by atoms with Crippen LogP contribution >= 0.6 is 11.6 Å². The summed E-state index contributed by atoms with van der Waals surface area (Å²) in [6.45, 7) is 11.2. The molecule has 0 saturated carbocycles. The topological polar surface area (TPSA) is 178 Å². The van der Waals surface area contributed by atoms with Crippen LogP contribution in [0.3, 0.4) is 0 Å². The zero-order valence-electron chi connectivity index (χ0n) is 29.9. The predicted octanol–water partition coefficient (Wildman–Crippen LogP) is 5.69. The van der Waals surface area contributed by atoms with Gasteiger partial charge in [-0.05, 0) is 56.9 Å². The molecule has 1 aromatic rings. The molecule has 1 aromatic carbocycles. The molecule has 1 amide bonds. The smallest absolute Gasteiger partial charge is 0.251 e. The average molecular weight is 720 g/mol. The number of amides is 1. The fraction of sp³-hybridized carbons (Fsp3) is 0.375. The minimum atomic E-state index is -1.01. The number of Topliss-reactive ketones (excluding diaryl/α,β-unsaturated/α-hetero) is 4. The molecule has 3 aliphatic rings. The van der Waals surface area contributed by atoms with Crippen molar-refractivity contribution in [1.29, 1.82) is 0 Å². The fourth-order valence-electron chi connectivity index (χ4n) is 5.62. The highest BCUT2D eigenvalue weighted by Crippen LogP contribution is 2.37. The SMILES string of the molecule is C/C1=C/C[C@@H](O)/C=C\[C@@H](C)[C@H](O)[C@@H](C)/C=C(\C)C(=O)c2c(O)c(C)cc3c2C(=O)C(Cl)=C(NC(=O)\C(C)=C/C=C/C=C/[C@H](C)[C@@H](O)CC1=O)C3=O. The minimum absolute atomic E-state index is 0.0812. The number of fused-ring (bicyclic) bond motifs is 18. The lowest BCUT2D eigenvalue weighted by molar-refractivity contribution is -0.118. The van der Waals surface area contributed by atoms with Crippen molar-refractivity contribution >= 4 is 40.6 Å². The Morgan fingerprint density at radius 3 is 2.08 bits per heavy atom. The van der Waals surface area contributed by atoms with Crippen LogP contribution in [0.2, 0.25) is 0 Å². The molecule has 2 heterocycles. The highest BCUT2D eigenvalue weighted by atomic mass is 35.5. The van der Waals surface area contributed by atoms with Crippen molar-refractivity contribution in [3.63, 3.8) is 0 Å². The number of aliphatic hydroxyl groups is 3. The van der Waals surface area contributed by atoms with Gasteiger partial charge >= 0.3 is 0 Å². The molecule has 0 fully saturated rings. The number of carbonyl (C=O) groups excluding carboxylic acids is 5. The second-order valence-electron chi connectivity index (χ2n) is 13.3. The summed E-state index contributed by atoms with van der Waals surface area (Å²) >= 11 is 6.36. The van der Waals surface area contributed by atoms with Crippen LogP contribution in [-0.4, -0.2) is 67.8 Å². The summed E-state index contributed by atoms with van der Waals surface area (Å²) in [6.07, 6.45) is 11.3. The number of aryl methyl sites for hydroxylation is 1. The Bertz CT molecular complexity index is 1820. The molecule has 4 bridgehead atoms. The highest BCUT2D eigenvalue weighted by molar-refractivity contribution is 6.51. The van der Waals surface area contributed by atoms with Gasteiger partial charge in [0.2, 0.25) is 11.6 Å². The number of aromatic hydroxyl groups is 1. The van der Waals surface area contributed by atoms with E-state index in [2.05, 4.69) is 5.32 Å². The molecule has 0 aromatic heterocycles. The normalized spacial score (nSPS) is 31.6. The molecule has 10 nitrogen and oxygen atoms in total. The molecule has 0 saturated heterocycles. The molecular formula is C40H46ClNO9. The minimum Gasteiger partial charge on any atom is -0.507 e. The van der Waals surface area contributed by atoms with Crippen molar-refractivity contribution in [1.82, 2.24) is 5.32 Å². The average Bonchev–Trinajstić information content (AvgIpc) is 3.09. The molecule has 0 unspecified atom stereocenters. The van der Waals surface area contributed by atoms with Crippen LogP contribution in [0.4, 0.5) is 0 Å². The number of hydrogen-bond acceptors (Lipinski definition) is 9. The summed E-state index contributed by atoms with van der Waals surface area (Å²) in [5.74, 6) is -5.47. The first-order valence-corrected chi connectivity index (χ1v) is 17.1. The van der Waals surface area contributed by atoms with Gasteiger partial charge in [0.15, 0.2) is 11.6 Å². The number of allylic oxidation sites excluding steroid dienone is 8. The zero-order chi connectivity index (χ0) is 38.3. The number of carbonyl (C=O) groups is 5. The van der Waals surface area contributed by atoms with E-state index in [9.17, 15) is 44.4 Å². The summed E-state index contributed by atoms with van der Waals surface area (Å²) in [5, 5.41) is 44.9. The third-order valence-electron chi connectivity index (χ3n) is 9.11. The van der Waals surface area contributed by atoms with Gasteiger partial charge in [-0.2, -0.15) is 0 Å². The lowest BCUT2D eigenvalue weighted by Crippen LogP contribution is -2.34. The number of hydrogen-bond donors (Lipinski definition) is 5. The Labute approximate surface area is 303 Å². The fourth-order valence-corrected chi connectivity index (χ4v) is 5.85. The van der Waals surface area contributed by atoms with Crippen LogP contribution in [0.5, 0.6) is 5.75 Å². The van der Waals surface area contributed by atoms with Crippen molar-refractivity contribution < 1.29 is 44.4 Å². The van der Waals surface area contributed by atoms with Crippen molar-refractivity contribution in [2.45, 2.75) is 79.6 Å². The van der Waals surface area contributed by atoms with Gasteiger partial charge in [-0.15, -0.1) is 0 Å². The maximum Gasteiger partial charge on any atom is 0.251 e. The molecule has 6 atom stereocenters. The van der Waals surface area contributed by atoms with Gasteiger partial charge in [-0.3, -0.25) is 24.0 Å². The standard InChI is InChI=1S/C40H46ClNO9/c1-20-11-9-8-10-12-23(4)40(51)42-34-33(41)39(50)31-28(38(34)49)18-26(7)37(48)32(31)36(47)25(6)17-24(5)35(46)22(3)14-16-27(43)15-13-21(2)30(45)19-29(20)44/h8-14,16-18,20,22,24,27,29,35,43-44,46,48H,15,19H2,1-7H3,(H,42,51)/b10-8+,11-9+,16-14-,21-13-,23-12-,25-17+/t20-,22+,24-,27+,29-,35-/m0/s1. The van der Waals surface area contributed by atoms with Gasteiger partial charge in [-0.1, -0.05) is 87.1 Å². The first kappa shape index (κ1) is 40.9. The molecule has 0 radical (unpaired) electrons. The molecule has 51 heavy (non-hydrogen) atoms. The number of halogens is 1.